The highest BCUT2D eigenvalue weighted by Gasteiger charge is 2.34. The largest absolute Gasteiger partial charge is 0.361 e. The SMILES string of the molecule is Cc1cc(Cl)ccc1CC(=O)C[C@H](CC(C)C)c1nnc(-c2cc(CCC(C)C)on2)n1C1CC1. The van der Waals surface area contributed by atoms with Crippen LogP contribution < -0.4 is 0 Å². The molecule has 6 nitrogen and oxygen atoms in total. The van der Waals surface area contributed by atoms with Gasteiger partial charge in [-0.05, 0) is 67.7 Å². The van der Waals surface area contributed by atoms with Crippen molar-refractivity contribution in [2.24, 2.45) is 11.8 Å². The molecule has 0 saturated heterocycles. The van der Waals surface area contributed by atoms with E-state index in [9.17, 15) is 4.79 Å². The van der Waals surface area contributed by atoms with Crippen LogP contribution >= 0.6 is 11.6 Å². The molecule has 3 aromatic rings. The molecule has 0 N–H and O–H groups in total. The quantitative estimate of drug-likeness (QED) is 0.266. The predicted molar refractivity (Wildman–Crippen MR) is 139 cm³/mol. The minimum Gasteiger partial charge on any atom is -0.361 e. The summed E-state index contributed by atoms with van der Waals surface area (Å²) in [6.45, 7) is 10.8. The first kappa shape index (κ1) is 25.6. The molecule has 35 heavy (non-hydrogen) atoms. The average molecular weight is 497 g/mol. The van der Waals surface area contributed by atoms with Crippen LogP contribution in [0.25, 0.3) is 11.5 Å². The lowest BCUT2D eigenvalue weighted by atomic mass is 9.89. The number of benzene rings is 1. The number of carbonyl (C=O) groups excluding carboxylic acids is 1. The van der Waals surface area contributed by atoms with Gasteiger partial charge in [0.15, 0.2) is 11.5 Å². The molecule has 0 radical (unpaired) electrons. The Balaban J connectivity index is 1.57. The van der Waals surface area contributed by atoms with Crippen LogP contribution in [0.3, 0.4) is 0 Å². The van der Waals surface area contributed by atoms with E-state index in [0.717, 1.165) is 66.3 Å². The van der Waals surface area contributed by atoms with Crippen LogP contribution in [-0.2, 0) is 17.6 Å². The fourth-order valence-corrected chi connectivity index (χ4v) is 4.91. The van der Waals surface area contributed by atoms with Crippen molar-refractivity contribution in [1.82, 2.24) is 19.9 Å². The van der Waals surface area contributed by atoms with Crippen LogP contribution in [0.4, 0.5) is 0 Å². The first-order valence-corrected chi connectivity index (χ1v) is 13.3. The van der Waals surface area contributed by atoms with Gasteiger partial charge in [-0.2, -0.15) is 0 Å². The maximum absolute atomic E-state index is 13.2. The third-order valence-corrected chi connectivity index (χ3v) is 6.91. The van der Waals surface area contributed by atoms with Crippen molar-refractivity contribution in [2.75, 3.05) is 0 Å². The molecule has 1 atom stereocenters. The summed E-state index contributed by atoms with van der Waals surface area (Å²) in [5, 5.41) is 14.2. The minimum atomic E-state index is 0.0178. The van der Waals surface area contributed by atoms with Crippen molar-refractivity contribution in [3.8, 4) is 11.5 Å². The van der Waals surface area contributed by atoms with Gasteiger partial charge in [-0.1, -0.05) is 50.5 Å². The molecule has 0 unspecified atom stereocenters. The Morgan fingerprint density at radius 3 is 2.57 bits per heavy atom. The van der Waals surface area contributed by atoms with Gasteiger partial charge in [0.1, 0.15) is 17.4 Å². The lowest BCUT2D eigenvalue weighted by molar-refractivity contribution is -0.118. The second kappa shape index (κ2) is 11.1. The Hall–Kier alpha value is -2.47. The van der Waals surface area contributed by atoms with Gasteiger partial charge in [0.2, 0.25) is 0 Å². The van der Waals surface area contributed by atoms with Crippen molar-refractivity contribution >= 4 is 17.4 Å². The number of aryl methyl sites for hydroxylation is 2. The van der Waals surface area contributed by atoms with E-state index in [1.165, 1.54) is 0 Å². The van der Waals surface area contributed by atoms with E-state index >= 15 is 0 Å². The molecule has 0 bridgehead atoms. The Morgan fingerprint density at radius 2 is 1.91 bits per heavy atom. The Bertz CT molecular complexity index is 1160. The van der Waals surface area contributed by atoms with Gasteiger partial charge < -0.3 is 9.09 Å². The van der Waals surface area contributed by atoms with E-state index in [0.29, 0.717) is 35.7 Å². The third kappa shape index (κ3) is 6.60. The number of Topliss-reactive ketones (excluding diaryl/α,β-unsaturated/α-hetero) is 1. The molecule has 0 amide bonds. The highest BCUT2D eigenvalue weighted by molar-refractivity contribution is 6.30. The summed E-state index contributed by atoms with van der Waals surface area (Å²) in [5.74, 6) is 3.83. The van der Waals surface area contributed by atoms with Crippen molar-refractivity contribution < 1.29 is 9.32 Å². The average Bonchev–Trinajstić information content (AvgIpc) is 3.34. The van der Waals surface area contributed by atoms with Crippen molar-refractivity contribution in [2.45, 2.75) is 91.5 Å². The summed E-state index contributed by atoms with van der Waals surface area (Å²) in [5.41, 5.74) is 2.82. The lowest BCUT2D eigenvalue weighted by Crippen LogP contribution is -2.17. The van der Waals surface area contributed by atoms with Crippen LogP contribution in [0.15, 0.2) is 28.8 Å². The van der Waals surface area contributed by atoms with E-state index < -0.39 is 0 Å². The van der Waals surface area contributed by atoms with E-state index in [-0.39, 0.29) is 11.7 Å². The normalized spacial score (nSPS) is 14.7. The summed E-state index contributed by atoms with van der Waals surface area (Å²) < 4.78 is 7.85. The number of nitrogens with zero attached hydrogens (tertiary/aromatic N) is 4. The first-order chi connectivity index (χ1) is 16.7. The van der Waals surface area contributed by atoms with Gasteiger partial charge in [-0.25, -0.2) is 0 Å². The van der Waals surface area contributed by atoms with Crippen LogP contribution in [0.2, 0.25) is 5.02 Å². The highest BCUT2D eigenvalue weighted by Crippen LogP contribution is 2.42. The van der Waals surface area contributed by atoms with Crippen LogP contribution in [0.5, 0.6) is 0 Å². The van der Waals surface area contributed by atoms with Crippen LogP contribution in [0.1, 0.15) is 94.5 Å². The summed E-state index contributed by atoms with van der Waals surface area (Å²) in [4.78, 5) is 13.2. The topological polar surface area (TPSA) is 73.8 Å². The fourth-order valence-electron chi connectivity index (χ4n) is 4.68. The maximum atomic E-state index is 13.2. The maximum Gasteiger partial charge on any atom is 0.186 e. The third-order valence-electron chi connectivity index (χ3n) is 6.68. The lowest BCUT2D eigenvalue weighted by Gasteiger charge is -2.19. The zero-order valence-corrected chi connectivity index (χ0v) is 22.3. The fraction of sp³-hybridized carbons (Fsp3) is 0.571. The molecule has 0 spiro atoms. The smallest absolute Gasteiger partial charge is 0.186 e. The van der Waals surface area contributed by atoms with Crippen molar-refractivity contribution in [3.63, 3.8) is 0 Å². The van der Waals surface area contributed by atoms with Gasteiger partial charge in [0.25, 0.3) is 0 Å². The van der Waals surface area contributed by atoms with Gasteiger partial charge in [0, 0.05) is 42.3 Å². The van der Waals surface area contributed by atoms with E-state index in [4.69, 9.17) is 16.1 Å². The van der Waals surface area contributed by atoms with Gasteiger partial charge in [0.05, 0.1) is 0 Å². The van der Waals surface area contributed by atoms with E-state index in [2.05, 4.69) is 47.6 Å². The highest BCUT2D eigenvalue weighted by atomic mass is 35.5. The molecule has 2 heterocycles. The van der Waals surface area contributed by atoms with E-state index in [1.807, 2.05) is 31.2 Å². The first-order valence-electron chi connectivity index (χ1n) is 12.9. The number of halogens is 1. The molecular formula is C28H37ClN4O2. The Labute approximate surface area is 213 Å². The molecule has 1 aliphatic rings. The van der Waals surface area contributed by atoms with Crippen molar-refractivity contribution in [3.05, 3.63) is 52.0 Å². The molecule has 1 saturated carbocycles. The Kier molecular flexibility index (Phi) is 8.10. The molecule has 4 rings (SSSR count). The zero-order chi connectivity index (χ0) is 25.1. The second-order valence-corrected chi connectivity index (χ2v) is 11.3. The molecular weight excluding hydrogens is 460 g/mol. The van der Waals surface area contributed by atoms with Crippen molar-refractivity contribution in [1.29, 1.82) is 0 Å². The summed E-state index contributed by atoms with van der Waals surface area (Å²) >= 11 is 6.10. The molecule has 2 aromatic heterocycles. The van der Waals surface area contributed by atoms with Crippen LogP contribution in [0, 0.1) is 18.8 Å². The van der Waals surface area contributed by atoms with Gasteiger partial charge in [-0.3, -0.25) is 4.79 Å². The standard InChI is InChI=1S/C28H37ClN4O2/c1-17(2)6-11-25-16-26(32-35-25)28-31-30-27(33(28)23-9-10-23)21(12-18(3)4)15-24(34)14-20-7-8-22(29)13-19(20)5/h7-8,13,16-18,21,23H,6,9-12,14-15H2,1-5H3/t21-/m0/s1. The number of aromatic nitrogens is 4. The number of hydrogen-bond donors (Lipinski definition) is 0. The number of hydrogen-bond acceptors (Lipinski definition) is 5. The molecule has 188 valence electrons. The number of carbonyl (C=O) groups is 1. The summed E-state index contributed by atoms with van der Waals surface area (Å²) in [6, 6.07) is 8.10. The summed E-state index contributed by atoms with van der Waals surface area (Å²) in [6.07, 6.45) is 5.86. The zero-order valence-electron chi connectivity index (χ0n) is 21.6. The predicted octanol–water partition coefficient (Wildman–Crippen LogP) is 7.15. The minimum absolute atomic E-state index is 0.0178. The molecule has 1 fully saturated rings. The second-order valence-electron chi connectivity index (χ2n) is 10.9. The number of rotatable bonds is 12. The molecule has 1 aromatic carbocycles. The Morgan fingerprint density at radius 1 is 1.14 bits per heavy atom. The molecule has 7 heteroatoms. The molecule has 0 aliphatic heterocycles. The van der Waals surface area contributed by atoms with Crippen LogP contribution in [-0.4, -0.2) is 25.7 Å². The van der Waals surface area contributed by atoms with E-state index in [1.54, 1.807) is 0 Å². The van der Waals surface area contributed by atoms with Gasteiger partial charge in [-0.15, -0.1) is 10.2 Å². The number of ketones is 1. The monoisotopic (exact) mass is 496 g/mol. The van der Waals surface area contributed by atoms with Gasteiger partial charge >= 0.3 is 0 Å². The summed E-state index contributed by atoms with van der Waals surface area (Å²) in [7, 11) is 0. The molecule has 1 aliphatic carbocycles.